The predicted molar refractivity (Wildman–Crippen MR) is 69.4 cm³/mol. The monoisotopic (exact) mass is 252 g/mol. The van der Waals surface area contributed by atoms with Gasteiger partial charge in [-0.3, -0.25) is 5.43 Å². The molecular weight excluding hydrogens is 232 g/mol. The van der Waals surface area contributed by atoms with Gasteiger partial charge in [0.15, 0.2) is 0 Å². The van der Waals surface area contributed by atoms with Gasteiger partial charge in [-0.2, -0.15) is 15.0 Å². The third kappa shape index (κ3) is 3.19. The van der Waals surface area contributed by atoms with E-state index in [1.165, 1.54) is 25.7 Å². The summed E-state index contributed by atoms with van der Waals surface area (Å²) in [5.74, 6) is 6.80. The van der Waals surface area contributed by atoms with Gasteiger partial charge in [0.1, 0.15) is 0 Å². The van der Waals surface area contributed by atoms with Crippen molar-refractivity contribution in [3.8, 4) is 6.01 Å². The summed E-state index contributed by atoms with van der Waals surface area (Å²) < 4.78 is 5.64. The lowest BCUT2D eigenvalue weighted by Crippen LogP contribution is -2.19. The first-order chi connectivity index (χ1) is 8.69. The van der Waals surface area contributed by atoms with E-state index in [1.54, 1.807) is 4.90 Å². The molecule has 0 amide bonds. The topological polar surface area (TPSA) is 89.2 Å². The van der Waals surface area contributed by atoms with E-state index in [0.717, 1.165) is 0 Å². The molecule has 2 rings (SSSR count). The van der Waals surface area contributed by atoms with Gasteiger partial charge in [-0.25, -0.2) is 5.84 Å². The fourth-order valence-electron chi connectivity index (χ4n) is 2.04. The standard InChI is InChI=1S/C11H20N6O/c1-17(2)10-13-9(16-12)14-11(15-10)18-7-8-5-3-4-6-8/h8H,3-7,12H2,1-2H3,(H,13,14,15,16). The Kier molecular flexibility index (Phi) is 4.14. The summed E-state index contributed by atoms with van der Waals surface area (Å²) in [4.78, 5) is 14.2. The Hall–Kier alpha value is -1.63. The lowest BCUT2D eigenvalue weighted by molar-refractivity contribution is 0.234. The summed E-state index contributed by atoms with van der Waals surface area (Å²) in [7, 11) is 3.72. The van der Waals surface area contributed by atoms with Gasteiger partial charge in [0.05, 0.1) is 6.61 Å². The maximum absolute atomic E-state index is 5.64. The molecule has 7 heteroatoms. The number of ether oxygens (including phenoxy) is 1. The Labute approximate surface area is 107 Å². The van der Waals surface area contributed by atoms with Crippen LogP contribution in [0.2, 0.25) is 0 Å². The van der Waals surface area contributed by atoms with Crippen LogP contribution in [0.15, 0.2) is 0 Å². The van der Waals surface area contributed by atoms with Crippen molar-refractivity contribution >= 4 is 11.9 Å². The lowest BCUT2D eigenvalue weighted by Gasteiger charge is -2.14. The maximum Gasteiger partial charge on any atom is 0.323 e. The molecular formula is C11H20N6O. The molecule has 0 spiro atoms. The number of nitrogens with one attached hydrogen (secondary N) is 1. The van der Waals surface area contributed by atoms with Gasteiger partial charge < -0.3 is 9.64 Å². The molecule has 1 aliphatic rings. The highest BCUT2D eigenvalue weighted by Gasteiger charge is 2.17. The van der Waals surface area contributed by atoms with Gasteiger partial charge in [-0.1, -0.05) is 12.8 Å². The van der Waals surface area contributed by atoms with Crippen LogP contribution in [0.1, 0.15) is 25.7 Å². The molecule has 0 saturated heterocycles. The summed E-state index contributed by atoms with van der Waals surface area (Å²) >= 11 is 0. The van der Waals surface area contributed by atoms with Crippen LogP contribution in [-0.2, 0) is 0 Å². The second kappa shape index (κ2) is 5.81. The van der Waals surface area contributed by atoms with E-state index in [4.69, 9.17) is 10.6 Å². The highest BCUT2D eigenvalue weighted by Crippen LogP contribution is 2.25. The molecule has 0 unspecified atom stereocenters. The molecule has 0 aliphatic heterocycles. The molecule has 0 aromatic carbocycles. The van der Waals surface area contributed by atoms with E-state index in [-0.39, 0.29) is 0 Å². The third-order valence-corrected chi connectivity index (χ3v) is 3.06. The third-order valence-electron chi connectivity index (χ3n) is 3.06. The van der Waals surface area contributed by atoms with Crippen LogP contribution in [0.4, 0.5) is 11.9 Å². The zero-order valence-corrected chi connectivity index (χ0v) is 10.9. The fourth-order valence-corrected chi connectivity index (χ4v) is 2.04. The molecule has 1 aromatic heterocycles. The number of nitrogens with two attached hydrogens (primary N) is 1. The normalized spacial score (nSPS) is 15.7. The number of rotatable bonds is 5. The number of nitrogen functional groups attached to an aromatic ring is 1. The van der Waals surface area contributed by atoms with E-state index in [1.807, 2.05) is 14.1 Å². The first-order valence-electron chi connectivity index (χ1n) is 6.22. The average Bonchev–Trinajstić information content (AvgIpc) is 2.89. The number of nitrogens with zero attached hydrogens (tertiary/aromatic N) is 4. The van der Waals surface area contributed by atoms with Crippen molar-refractivity contribution in [1.82, 2.24) is 15.0 Å². The van der Waals surface area contributed by atoms with E-state index >= 15 is 0 Å². The second-order valence-electron chi connectivity index (χ2n) is 4.74. The molecule has 1 aromatic rings. The van der Waals surface area contributed by atoms with Crippen LogP contribution in [0, 0.1) is 5.92 Å². The van der Waals surface area contributed by atoms with Gasteiger partial charge in [0.25, 0.3) is 0 Å². The minimum Gasteiger partial charge on any atom is -0.463 e. The maximum atomic E-state index is 5.64. The number of aromatic nitrogens is 3. The first-order valence-corrected chi connectivity index (χ1v) is 6.22. The summed E-state index contributed by atoms with van der Waals surface area (Å²) in [5.41, 5.74) is 2.42. The Morgan fingerprint density at radius 1 is 1.28 bits per heavy atom. The van der Waals surface area contributed by atoms with Crippen molar-refractivity contribution in [1.29, 1.82) is 0 Å². The van der Waals surface area contributed by atoms with E-state index in [0.29, 0.717) is 30.4 Å². The molecule has 1 heterocycles. The van der Waals surface area contributed by atoms with Crippen molar-refractivity contribution in [3.63, 3.8) is 0 Å². The van der Waals surface area contributed by atoms with Gasteiger partial charge >= 0.3 is 6.01 Å². The van der Waals surface area contributed by atoms with Crippen LogP contribution in [0.5, 0.6) is 6.01 Å². The molecule has 0 radical (unpaired) electrons. The fraction of sp³-hybridized carbons (Fsp3) is 0.727. The minimum absolute atomic E-state index is 0.315. The molecule has 1 saturated carbocycles. The van der Waals surface area contributed by atoms with Crippen molar-refractivity contribution in [2.75, 3.05) is 31.0 Å². The van der Waals surface area contributed by atoms with Crippen LogP contribution in [0.25, 0.3) is 0 Å². The zero-order chi connectivity index (χ0) is 13.0. The minimum atomic E-state index is 0.315. The smallest absolute Gasteiger partial charge is 0.323 e. The molecule has 1 fully saturated rings. The van der Waals surface area contributed by atoms with Crippen molar-refractivity contribution < 1.29 is 4.74 Å². The average molecular weight is 252 g/mol. The van der Waals surface area contributed by atoms with Gasteiger partial charge in [0.2, 0.25) is 11.9 Å². The summed E-state index contributed by atoms with van der Waals surface area (Å²) in [6, 6.07) is 0.327. The van der Waals surface area contributed by atoms with Crippen LogP contribution >= 0.6 is 0 Å². The Bertz CT molecular complexity index is 391. The van der Waals surface area contributed by atoms with Crippen molar-refractivity contribution in [2.24, 2.45) is 11.8 Å². The van der Waals surface area contributed by atoms with Gasteiger partial charge in [-0.05, 0) is 18.8 Å². The van der Waals surface area contributed by atoms with Crippen molar-refractivity contribution in [3.05, 3.63) is 0 Å². The van der Waals surface area contributed by atoms with Gasteiger partial charge in [-0.15, -0.1) is 0 Å². The molecule has 1 aliphatic carbocycles. The second-order valence-corrected chi connectivity index (χ2v) is 4.74. The Morgan fingerprint density at radius 3 is 2.61 bits per heavy atom. The number of hydrogen-bond donors (Lipinski definition) is 2. The lowest BCUT2D eigenvalue weighted by atomic mass is 10.1. The highest BCUT2D eigenvalue weighted by atomic mass is 16.5. The van der Waals surface area contributed by atoms with Crippen molar-refractivity contribution in [2.45, 2.75) is 25.7 Å². The van der Waals surface area contributed by atoms with Crippen LogP contribution in [-0.4, -0.2) is 35.7 Å². The number of anilines is 2. The molecule has 100 valence electrons. The number of hydrazine groups is 1. The number of hydrogen-bond acceptors (Lipinski definition) is 7. The Morgan fingerprint density at radius 2 is 2.00 bits per heavy atom. The largest absolute Gasteiger partial charge is 0.463 e. The van der Waals surface area contributed by atoms with E-state index < -0.39 is 0 Å². The summed E-state index contributed by atoms with van der Waals surface area (Å²) in [6.45, 7) is 0.668. The quantitative estimate of drug-likeness (QED) is 0.591. The van der Waals surface area contributed by atoms with Crippen LogP contribution < -0.4 is 20.9 Å². The first kappa shape index (κ1) is 12.8. The Balaban J connectivity index is 2.03. The van der Waals surface area contributed by atoms with E-state index in [9.17, 15) is 0 Å². The molecule has 3 N–H and O–H groups in total. The molecule has 0 bridgehead atoms. The molecule has 7 nitrogen and oxygen atoms in total. The van der Waals surface area contributed by atoms with Crippen LogP contribution in [0.3, 0.4) is 0 Å². The highest BCUT2D eigenvalue weighted by molar-refractivity contribution is 5.35. The SMILES string of the molecule is CN(C)c1nc(NN)nc(OCC2CCCC2)n1. The predicted octanol–water partition coefficient (Wildman–Crippen LogP) is 0.792. The van der Waals surface area contributed by atoms with Gasteiger partial charge in [0, 0.05) is 14.1 Å². The van der Waals surface area contributed by atoms with E-state index in [2.05, 4.69) is 20.4 Å². The zero-order valence-electron chi connectivity index (χ0n) is 10.9. The summed E-state index contributed by atoms with van der Waals surface area (Å²) in [5, 5.41) is 0. The molecule has 18 heavy (non-hydrogen) atoms. The molecule has 0 atom stereocenters. The summed E-state index contributed by atoms with van der Waals surface area (Å²) in [6.07, 6.45) is 5.05.